The zero-order valence-electron chi connectivity index (χ0n) is 14.2. The third-order valence-electron chi connectivity index (χ3n) is 4.18. The first kappa shape index (κ1) is 19.0. The highest BCUT2D eigenvalue weighted by Gasteiger charge is 2.34. The van der Waals surface area contributed by atoms with Gasteiger partial charge in [0.05, 0.1) is 0 Å². The van der Waals surface area contributed by atoms with E-state index in [-0.39, 0.29) is 37.8 Å². The molecule has 0 saturated carbocycles. The fourth-order valence-electron chi connectivity index (χ4n) is 2.86. The maximum absolute atomic E-state index is 13.8. The smallest absolute Gasteiger partial charge is 0.353 e. The second-order valence-electron chi connectivity index (χ2n) is 6.03. The molecule has 0 unspecified atom stereocenters. The first-order valence-corrected chi connectivity index (χ1v) is 8.08. The molecule has 1 aromatic heterocycles. The fraction of sp³-hybridized carbons (Fsp3) is 0.353. The fourth-order valence-corrected chi connectivity index (χ4v) is 2.86. The van der Waals surface area contributed by atoms with E-state index < -0.39 is 35.0 Å². The maximum atomic E-state index is 13.8. The monoisotopic (exact) mass is 386 g/mol. The molecule has 3 rings (SSSR count). The van der Waals surface area contributed by atoms with Gasteiger partial charge in [0.15, 0.2) is 0 Å². The number of nitrogens with zero attached hydrogens (tertiary/aromatic N) is 4. The largest absolute Gasteiger partial charge is 0.433 e. The lowest BCUT2D eigenvalue weighted by molar-refractivity contribution is -0.141. The number of piperazine rings is 1. The third kappa shape index (κ3) is 3.99. The number of rotatable bonds is 2. The van der Waals surface area contributed by atoms with Crippen molar-refractivity contribution >= 4 is 11.7 Å². The van der Waals surface area contributed by atoms with E-state index >= 15 is 0 Å². The summed E-state index contributed by atoms with van der Waals surface area (Å²) >= 11 is 0. The van der Waals surface area contributed by atoms with E-state index in [1.807, 2.05) is 0 Å². The van der Waals surface area contributed by atoms with Gasteiger partial charge in [-0.25, -0.2) is 18.7 Å². The maximum Gasteiger partial charge on any atom is 0.433 e. The van der Waals surface area contributed by atoms with Crippen LogP contribution >= 0.6 is 0 Å². The Bertz CT molecular complexity index is 843. The van der Waals surface area contributed by atoms with Gasteiger partial charge in [-0.3, -0.25) is 4.79 Å². The van der Waals surface area contributed by atoms with Crippen LogP contribution in [0.3, 0.4) is 0 Å². The van der Waals surface area contributed by atoms with Crippen LogP contribution in [0.5, 0.6) is 0 Å². The number of alkyl halides is 3. The average Bonchev–Trinajstić information content (AvgIpc) is 2.60. The molecule has 2 heterocycles. The summed E-state index contributed by atoms with van der Waals surface area (Å²) in [7, 11) is 0. The SMILES string of the molecule is Cc1nc(N2CCN(C(=O)c3c(F)cccc3F)CC2)cc(C(F)(F)F)n1. The van der Waals surface area contributed by atoms with Gasteiger partial charge < -0.3 is 9.80 Å². The van der Waals surface area contributed by atoms with E-state index in [1.54, 1.807) is 4.90 Å². The van der Waals surface area contributed by atoms with Gasteiger partial charge in [-0.15, -0.1) is 0 Å². The van der Waals surface area contributed by atoms with Crippen LogP contribution in [-0.4, -0.2) is 47.0 Å². The molecule has 2 aromatic rings. The minimum Gasteiger partial charge on any atom is -0.353 e. The summed E-state index contributed by atoms with van der Waals surface area (Å²) in [6.45, 7) is 1.90. The molecule has 0 N–H and O–H groups in total. The Hall–Kier alpha value is -2.78. The molecule has 1 saturated heterocycles. The van der Waals surface area contributed by atoms with Gasteiger partial charge in [0.2, 0.25) is 0 Å². The Labute approximate surface area is 151 Å². The van der Waals surface area contributed by atoms with Crippen molar-refractivity contribution < 1.29 is 26.7 Å². The Morgan fingerprint density at radius 1 is 1.04 bits per heavy atom. The summed E-state index contributed by atoms with van der Waals surface area (Å²) < 4.78 is 66.3. The molecule has 1 aliphatic heterocycles. The predicted octanol–water partition coefficient (Wildman–Crippen LogP) is 3.04. The van der Waals surface area contributed by atoms with Crippen molar-refractivity contribution in [1.29, 1.82) is 0 Å². The molecule has 0 aliphatic carbocycles. The third-order valence-corrected chi connectivity index (χ3v) is 4.18. The summed E-state index contributed by atoms with van der Waals surface area (Å²) in [6.07, 6.45) is -4.59. The van der Waals surface area contributed by atoms with Gasteiger partial charge >= 0.3 is 6.18 Å². The Balaban J connectivity index is 1.74. The Kier molecular flexibility index (Phi) is 4.99. The number of aryl methyl sites for hydroxylation is 1. The van der Waals surface area contributed by atoms with E-state index in [0.717, 1.165) is 24.3 Å². The molecule has 10 heteroatoms. The van der Waals surface area contributed by atoms with Gasteiger partial charge in [-0.2, -0.15) is 13.2 Å². The van der Waals surface area contributed by atoms with Crippen molar-refractivity contribution in [3.63, 3.8) is 0 Å². The average molecular weight is 386 g/mol. The zero-order chi connectivity index (χ0) is 19.8. The lowest BCUT2D eigenvalue weighted by atomic mass is 10.1. The highest BCUT2D eigenvalue weighted by Crippen LogP contribution is 2.30. The number of amides is 1. The molecular weight excluding hydrogens is 371 g/mol. The summed E-state index contributed by atoms with van der Waals surface area (Å²) in [5.41, 5.74) is -1.68. The van der Waals surface area contributed by atoms with Crippen LogP contribution in [0.15, 0.2) is 24.3 Å². The molecule has 1 aromatic carbocycles. The van der Waals surface area contributed by atoms with E-state index in [2.05, 4.69) is 9.97 Å². The number of anilines is 1. The first-order chi connectivity index (χ1) is 12.7. The van der Waals surface area contributed by atoms with Crippen molar-refractivity contribution in [3.05, 3.63) is 53.0 Å². The number of aromatic nitrogens is 2. The summed E-state index contributed by atoms with van der Waals surface area (Å²) in [5, 5.41) is 0. The number of hydrogen-bond acceptors (Lipinski definition) is 4. The van der Waals surface area contributed by atoms with Crippen LogP contribution in [0.2, 0.25) is 0 Å². The Morgan fingerprint density at radius 3 is 2.19 bits per heavy atom. The van der Waals surface area contributed by atoms with Crippen molar-refractivity contribution in [2.24, 2.45) is 0 Å². The van der Waals surface area contributed by atoms with Gasteiger partial charge in [0.1, 0.15) is 34.5 Å². The number of halogens is 5. The standard InChI is InChI=1S/C17H15F5N4O/c1-10-23-13(17(20,21)22)9-14(24-10)25-5-7-26(8-6-25)16(27)15-11(18)3-2-4-12(15)19/h2-4,9H,5-8H2,1H3. The molecule has 1 fully saturated rings. The molecule has 27 heavy (non-hydrogen) atoms. The van der Waals surface area contributed by atoms with Crippen LogP contribution in [-0.2, 0) is 6.18 Å². The molecule has 1 aliphatic rings. The molecule has 0 spiro atoms. The predicted molar refractivity (Wildman–Crippen MR) is 86.2 cm³/mol. The molecule has 0 bridgehead atoms. The van der Waals surface area contributed by atoms with Gasteiger partial charge in [-0.05, 0) is 19.1 Å². The van der Waals surface area contributed by atoms with Gasteiger partial charge in [0.25, 0.3) is 5.91 Å². The van der Waals surface area contributed by atoms with E-state index in [4.69, 9.17) is 0 Å². The van der Waals surface area contributed by atoms with Crippen molar-refractivity contribution in [3.8, 4) is 0 Å². The topological polar surface area (TPSA) is 49.3 Å². The summed E-state index contributed by atoms with van der Waals surface area (Å²) in [4.78, 5) is 22.6. The molecular formula is C17H15F5N4O. The van der Waals surface area contributed by atoms with Crippen LogP contribution in [0, 0.1) is 18.6 Å². The van der Waals surface area contributed by atoms with Crippen molar-refractivity contribution in [2.45, 2.75) is 13.1 Å². The van der Waals surface area contributed by atoms with Gasteiger partial charge in [0, 0.05) is 32.2 Å². The van der Waals surface area contributed by atoms with E-state index in [9.17, 15) is 26.7 Å². The molecule has 0 radical (unpaired) electrons. The normalized spacial score (nSPS) is 15.2. The second-order valence-corrected chi connectivity index (χ2v) is 6.03. The quantitative estimate of drug-likeness (QED) is 0.745. The number of hydrogen-bond donors (Lipinski definition) is 0. The number of benzene rings is 1. The van der Waals surface area contributed by atoms with E-state index in [0.29, 0.717) is 0 Å². The highest BCUT2D eigenvalue weighted by molar-refractivity contribution is 5.95. The lowest BCUT2D eigenvalue weighted by Crippen LogP contribution is -2.49. The molecule has 1 amide bonds. The molecule has 5 nitrogen and oxygen atoms in total. The summed E-state index contributed by atoms with van der Waals surface area (Å²) in [5.74, 6) is -2.63. The summed E-state index contributed by atoms with van der Waals surface area (Å²) in [6, 6.07) is 4.00. The Morgan fingerprint density at radius 2 is 1.63 bits per heavy atom. The zero-order valence-corrected chi connectivity index (χ0v) is 14.2. The second kappa shape index (κ2) is 7.09. The van der Waals surface area contributed by atoms with Gasteiger partial charge in [-0.1, -0.05) is 6.07 Å². The van der Waals surface area contributed by atoms with E-state index in [1.165, 1.54) is 11.8 Å². The number of carbonyl (C=O) groups excluding carboxylic acids is 1. The van der Waals surface area contributed by atoms with Crippen LogP contribution in [0.4, 0.5) is 27.8 Å². The van der Waals surface area contributed by atoms with Crippen LogP contribution in [0.25, 0.3) is 0 Å². The van der Waals surface area contributed by atoms with Crippen LogP contribution < -0.4 is 4.90 Å². The minimum absolute atomic E-state index is 0.0215. The highest BCUT2D eigenvalue weighted by atomic mass is 19.4. The van der Waals surface area contributed by atoms with Crippen molar-refractivity contribution in [1.82, 2.24) is 14.9 Å². The minimum atomic E-state index is -4.59. The van der Waals surface area contributed by atoms with Crippen LogP contribution in [0.1, 0.15) is 21.9 Å². The first-order valence-electron chi connectivity index (χ1n) is 8.08. The number of carbonyl (C=O) groups is 1. The molecule has 0 atom stereocenters. The van der Waals surface area contributed by atoms with Crippen molar-refractivity contribution in [2.75, 3.05) is 31.1 Å². The molecule has 144 valence electrons. The lowest BCUT2D eigenvalue weighted by Gasteiger charge is -2.35.